The van der Waals surface area contributed by atoms with E-state index in [9.17, 15) is 0 Å². The van der Waals surface area contributed by atoms with Crippen molar-refractivity contribution in [2.24, 2.45) is 0 Å². The molecule has 0 saturated heterocycles. The number of hydrogen-bond acceptors (Lipinski definition) is 0. The van der Waals surface area contributed by atoms with Gasteiger partial charge in [-0.15, -0.1) is 0 Å². The second-order valence-electron chi connectivity index (χ2n) is 2.09. The maximum Gasteiger partial charge on any atom is 4.00 e. The van der Waals surface area contributed by atoms with E-state index >= 15 is 0 Å². The van der Waals surface area contributed by atoms with E-state index in [4.69, 9.17) is 0 Å². The van der Waals surface area contributed by atoms with Gasteiger partial charge in [0, 0.05) is 0 Å². The third kappa shape index (κ3) is 23.8. The Kier molecular flexibility index (Phi) is 88.3. The van der Waals surface area contributed by atoms with Crippen LogP contribution in [0, 0.1) is 0 Å². The molecule has 0 heterocycles. The Morgan fingerprint density at radius 3 is 0.833 bits per heavy atom. The Morgan fingerprint density at radius 1 is 0.667 bits per heavy atom. The summed E-state index contributed by atoms with van der Waals surface area (Å²) in [7, 11) is 0. The molecule has 74 valence electrons. The van der Waals surface area contributed by atoms with Crippen molar-refractivity contribution >= 4 is 14.1 Å². The predicted octanol–water partition coefficient (Wildman–Crippen LogP) is -9.45. The molecule has 0 spiro atoms. The smallest absolute Gasteiger partial charge is 1.00 e. The molecule has 0 aliphatic rings. The molecule has 0 aromatic rings. The molecule has 0 aromatic heterocycles. The number of hydrogen-bond donors (Lipinski definition) is 0. The van der Waals surface area contributed by atoms with Crippen LogP contribution in [0.4, 0.5) is 0 Å². The fourth-order valence-corrected chi connectivity index (χ4v) is 2.60. The molecule has 0 amide bonds. The van der Waals surface area contributed by atoms with Crippen LogP contribution in [-0.4, -0.2) is 14.1 Å². The Morgan fingerprint density at radius 2 is 0.833 bits per heavy atom. The van der Waals surface area contributed by atoms with Crippen molar-refractivity contribution in [1.29, 1.82) is 0 Å². The van der Waals surface area contributed by atoms with Gasteiger partial charge in [0.25, 0.3) is 14.1 Å². The quantitative estimate of drug-likeness (QED) is 0.207. The molecule has 0 rings (SSSR count). The van der Waals surface area contributed by atoms with Crippen LogP contribution in [0.1, 0.15) is 20.8 Å². The van der Waals surface area contributed by atoms with Gasteiger partial charge >= 0.3 is 21.7 Å². The third-order valence-electron chi connectivity index (χ3n) is 1.73. The summed E-state index contributed by atoms with van der Waals surface area (Å²) in [5, 5.41) is 4.48. The molecule has 0 nitrogen and oxygen atoms in total. The second-order valence-corrected chi connectivity index (χ2v) is 6.27. The zero-order valence-corrected chi connectivity index (χ0v) is 19.1. The van der Waals surface area contributed by atoms with E-state index in [0.29, 0.717) is 0 Å². The largest absolute Gasteiger partial charge is 4.00 e. The van der Waals surface area contributed by atoms with Gasteiger partial charge in [-0.25, -0.2) is 0 Å². The topological polar surface area (TPSA) is 0 Å². The van der Waals surface area contributed by atoms with Crippen molar-refractivity contribution in [3.63, 3.8) is 0 Å². The van der Waals surface area contributed by atoms with Gasteiger partial charge in [0.1, 0.15) is 0 Å². The first kappa shape index (κ1) is 36.0. The first-order valence-corrected chi connectivity index (χ1v) is 5.80. The monoisotopic (exact) mass is 670 g/mol. The third-order valence-corrected chi connectivity index (χ3v) is 5.20. The van der Waals surface area contributed by atoms with Crippen LogP contribution in [0.3, 0.4) is 0 Å². The molecule has 0 unspecified atom stereocenters. The van der Waals surface area contributed by atoms with Gasteiger partial charge in [0.05, 0.1) is 0 Å². The summed E-state index contributed by atoms with van der Waals surface area (Å²) in [6, 6.07) is 0. The average molecular weight is 670 g/mol. The molecule has 0 radical (unpaired) electrons. The first-order valence-electron chi connectivity index (χ1n) is 3.35. The summed E-state index contributed by atoms with van der Waals surface area (Å²) in [6.07, 6.45) is 0. The van der Waals surface area contributed by atoms with E-state index in [0.717, 1.165) is 0 Å². The summed E-state index contributed by atoms with van der Waals surface area (Å²) in [4.78, 5) is 0. The Bertz CT molecular complexity index is 41.0. The minimum atomic E-state index is -0.171. The van der Waals surface area contributed by atoms with E-state index in [2.05, 4.69) is 20.8 Å². The molecular weight excluding hydrogens is 655 g/mol. The van der Waals surface area contributed by atoms with E-state index in [1.807, 2.05) is 0 Å². The summed E-state index contributed by atoms with van der Waals surface area (Å²) in [5.74, 6) is 0. The zero-order chi connectivity index (χ0) is 5.70. The van der Waals surface area contributed by atoms with Gasteiger partial charge in [-0.1, -0.05) is 36.6 Å². The number of halogens is 4. The molecule has 12 heavy (non-hydrogen) atoms. The van der Waals surface area contributed by atoms with Crippen molar-refractivity contribution in [1.82, 2.24) is 0 Å². The van der Waals surface area contributed by atoms with E-state index in [1.54, 1.807) is 0 Å². The van der Waals surface area contributed by atoms with Crippen molar-refractivity contribution in [2.75, 3.05) is 0 Å². The van der Waals surface area contributed by atoms with Gasteiger partial charge in [-0.2, -0.15) is 0 Å². The molecule has 0 saturated carbocycles. The van der Waals surface area contributed by atoms with Crippen LogP contribution in [0.15, 0.2) is 0 Å². The van der Waals surface area contributed by atoms with Crippen molar-refractivity contribution in [3.05, 3.63) is 0 Å². The van der Waals surface area contributed by atoms with Crippen LogP contribution < -0.4 is 95.9 Å². The molecule has 0 aromatic carbocycles. The van der Waals surface area contributed by atoms with Crippen LogP contribution in [0.5, 0.6) is 0 Å². The Labute approximate surface area is 165 Å². The van der Waals surface area contributed by atoms with Crippen LogP contribution >= 0.6 is 0 Å². The summed E-state index contributed by atoms with van der Waals surface area (Å²) in [6.45, 7) is 6.97. The Hall–Kier alpha value is 4.17. The first-order chi connectivity index (χ1) is 3.35. The molecule has 0 N–H and O–H groups in total. The van der Waals surface area contributed by atoms with Crippen molar-refractivity contribution < 1.29 is 118 Å². The summed E-state index contributed by atoms with van der Waals surface area (Å²) < 4.78 is 0. The van der Waals surface area contributed by atoms with E-state index in [-0.39, 0.29) is 132 Å². The normalized spacial score (nSPS) is 5.25. The molecule has 0 fully saturated rings. The van der Waals surface area contributed by atoms with Crippen molar-refractivity contribution in [3.8, 4) is 0 Å². The number of rotatable bonds is 3. The van der Waals surface area contributed by atoms with Gasteiger partial charge in [0.2, 0.25) is 0 Å². The zero-order valence-electron chi connectivity index (χ0n) is 7.71. The fourth-order valence-electron chi connectivity index (χ4n) is 0.866. The molecule has 0 bridgehead atoms. The van der Waals surface area contributed by atoms with Crippen LogP contribution in [0.2, 0.25) is 15.8 Å². The van der Waals surface area contributed by atoms with Gasteiger partial charge in [-0.3, -0.25) is 0 Å². The predicted molar refractivity (Wildman–Crippen MR) is 37.2 cm³/mol. The van der Waals surface area contributed by atoms with Gasteiger partial charge in [0.15, 0.2) is 0 Å². The molecule has 0 aliphatic carbocycles. The summed E-state index contributed by atoms with van der Waals surface area (Å²) in [5.41, 5.74) is 0. The fraction of sp³-hybridized carbons (Fsp3) is 1.00. The van der Waals surface area contributed by atoms with E-state index in [1.165, 1.54) is 15.8 Å². The standard InChI is InChI=1S/3C2H5.Al.4HI.Ti/c3*1-2;;;;;;/h3*1H2,2H3;;4*1H;/q;;;;;;;;+4/p-4. The molecule has 0 aliphatic heterocycles. The SMILES string of the molecule is C[CH2][Al]([CH2]C)[CH2]C.[I-].[I-].[I-].[I-].[Ti+4]. The van der Waals surface area contributed by atoms with Crippen LogP contribution in [-0.2, 0) is 21.7 Å². The maximum atomic E-state index is 2.32. The van der Waals surface area contributed by atoms with Gasteiger partial charge < -0.3 is 95.9 Å². The summed E-state index contributed by atoms with van der Waals surface area (Å²) >= 11 is -0.171. The van der Waals surface area contributed by atoms with Gasteiger partial charge in [-0.05, 0) is 0 Å². The maximum absolute atomic E-state index is 2.32. The van der Waals surface area contributed by atoms with E-state index < -0.39 is 0 Å². The van der Waals surface area contributed by atoms with Crippen LogP contribution in [0.25, 0.3) is 0 Å². The minimum Gasteiger partial charge on any atom is -1.00 e. The molecule has 0 atom stereocenters. The Balaban J connectivity index is -0.0000000180. The second kappa shape index (κ2) is 29.4. The van der Waals surface area contributed by atoms with Crippen molar-refractivity contribution in [2.45, 2.75) is 36.6 Å². The molecular formula is C6H15AlI4Ti. The molecule has 6 heteroatoms. The average Bonchev–Trinajstić information content (AvgIpc) is 1.72. The minimum absolute atomic E-state index is 0.